The minimum atomic E-state index is -4.38. The number of hydrogen-bond donors (Lipinski definition) is 0. The number of anilines is 1. The third kappa shape index (κ3) is 4.83. The van der Waals surface area contributed by atoms with Crippen molar-refractivity contribution in [3.05, 3.63) is 53.2 Å². The summed E-state index contributed by atoms with van der Waals surface area (Å²) in [4.78, 5) is 12.3. The van der Waals surface area contributed by atoms with Crippen LogP contribution in [0.15, 0.2) is 42.9 Å². The summed E-state index contributed by atoms with van der Waals surface area (Å²) in [5.41, 5.74) is 0.235. The van der Waals surface area contributed by atoms with Crippen LogP contribution in [0.3, 0.4) is 0 Å². The van der Waals surface area contributed by atoms with Gasteiger partial charge in [-0.1, -0.05) is 6.92 Å². The fraction of sp³-hybridized carbons (Fsp3) is 0.429. The number of piperazine rings is 1. The van der Waals surface area contributed by atoms with Gasteiger partial charge in [-0.25, -0.2) is 9.67 Å². The SMILES string of the molecule is CCCn1c(-c2ccncc2)nn(CN2CCN(c3ccc(C(F)(F)F)cn3)CC2)c1=S. The van der Waals surface area contributed by atoms with Gasteiger partial charge in [0, 0.05) is 56.9 Å². The van der Waals surface area contributed by atoms with Gasteiger partial charge in [-0.3, -0.25) is 14.5 Å². The molecule has 0 saturated carbocycles. The van der Waals surface area contributed by atoms with Gasteiger partial charge < -0.3 is 4.90 Å². The molecule has 11 heteroatoms. The third-order valence-electron chi connectivity index (χ3n) is 5.41. The van der Waals surface area contributed by atoms with Crippen LogP contribution in [0.1, 0.15) is 18.9 Å². The molecule has 0 amide bonds. The van der Waals surface area contributed by atoms with Crippen LogP contribution >= 0.6 is 12.2 Å². The highest BCUT2D eigenvalue weighted by molar-refractivity contribution is 7.71. The topological polar surface area (TPSA) is 55.0 Å². The van der Waals surface area contributed by atoms with E-state index in [9.17, 15) is 13.2 Å². The van der Waals surface area contributed by atoms with Crippen molar-refractivity contribution in [2.24, 2.45) is 0 Å². The zero-order valence-electron chi connectivity index (χ0n) is 17.7. The molecule has 0 aromatic carbocycles. The Balaban J connectivity index is 1.44. The second-order valence-electron chi connectivity index (χ2n) is 7.64. The van der Waals surface area contributed by atoms with E-state index in [1.54, 1.807) is 12.4 Å². The predicted molar refractivity (Wildman–Crippen MR) is 118 cm³/mol. The van der Waals surface area contributed by atoms with Gasteiger partial charge in [0.2, 0.25) is 0 Å². The quantitative estimate of drug-likeness (QED) is 0.514. The molecule has 0 N–H and O–H groups in total. The van der Waals surface area contributed by atoms with Crippen molar-refractivity contribution < 1.29 is 13.2 Å². The van der Waals surface area contributed by atoms with Crippen LogP contribution in [0.4, 0.5) is 19.0 Å². The lowest BCUT2D eigenvalue weighted by atomic mass is 10.2. The van der Waals surface area contributed by atoms with Gasteiger partial charge in [0.15, 0.2) is 10.6 Å². The van der Waals surface area contributed by atoms with E-state index in [4.69, 9.17) is 17.3 Å². The van der Waals surface area contributed by atoms with E-state index in [0.717, 1.165) is 49.7 Å². The molecule has 0 bridgehead atoms. The van der Waals surface area contributed by atoms with Crippen molar-refractivity contribution in [2.75, 3.05) is 31.1 Å². The zero-order chi connectivity index (χ0) is 22.7. The molecule has 32 heavy (non-hydrogen) atoms. The summed E-state index contributed by atoms with van der Waals surface area (Å²) in [6.07, 6.45) is 0.934. The Kier molecular flexibility index (Phi) is 6.56. The van der Waals surface area contributed by atoms with Crippen molar-refractivity contribution in [1.82, 2.24) is 29.2 Å². The first-order valence-electron chi connectivity index (χ1n) is 10.5. The minimum absolute atomic E-state index is 0.557. The van der Waals surface area contributed by atoms with Crippen LogP contribution in [0, 0.1) is 4.77 Å². The lowest BCUT2D eigenvalue weighted by Crippen LogP contribution is -2.47. The van der Waals surface area contributed by atoms with E-state index < -0.39 is 11.7 Å². The number of nitrogens with zero attached hydrogens (tertiary/aromatic N) is 7. The molecule has 3 aromatic rings. The standard InChI is InChI=1S/C21H24F3N7S/c1-2-9-30-19(16-5-7-25-8-6-16)27-31(20(30)32)15-28-10-12-29(13-11-28)18-4-3-17(14-26-18)21(22,23)24/h3-8,14H,2,9-13,15H2,1H3. The summed E-state index contributed by atoms with van der Waals surface area (Å²) < 4.78 is 42.8. The van der Waals surface area contributed by atoms with Crippen LogP contribution < -0.4 is 4.90 Å². The van der Waals surface area contributed by atoms with Gasteiger partial charge in [-0.2, -0.15) is 18.3 Å². The van der Waals surface area contributed by atoms with Gasteiger partial charge in [0.1, 0.15) is 5.82 Å². The number of pyridine rings is 2. The van der Waals surface area contributed by atoms with E-state index in [1.807, 2.05) is 26.3 Å². The van der Waals surface area contributed by atoms with E-state index in [0.29, 0.717) is 30.3 Å². The number of rotatable bonds is 6. The van der Waals surface area contributed by atoms with Crippen molar-refractivity contribution in [1.29, 1.82) is 0 Å². The maximum atomic E-state index is 12.8. The highest BCUT2D eigenvalue weighted by Crippen LogP contribution is 2.29. The van der Waals surface area contributed by atoms with E-state index in [2.05, 4.69) is 21.8 Å². The van der Waals surface area contributed by atoms with Crippen molar-refractivity contribution in [2.45, 2.75) is 32.7 Å². The molecule has 4 heterocycles. The van der Waals surface area contributed by atoms with E-state index in [-0.39, 0.29) is 0 Å². The van der Waals surface area contributed by atoms with Crippen molar-refractivity contribution >= 4 is 18.0 Å². The fourth-order valence-corrected chi connectivity index (χ4v) is 4.00. The molecule has 0 spiro atoms. The smallest absolute Gasteiger partial charge is 0.354 e. The van der Waals surface area contributed by atoms with Crippen LogP contribution in [-0.2, 0) is 19.4 Å². The van der Waals surface area contributed by atoms with Crippen LogP contribution in [-0.4, -0.2) is 55.4 Å². The third-order valence-corrected chi connectivity index (χ3v) is 5.85. The predicted octanol–water partition coefficient (Wildman–Crippen LogP) is 4.08. The Morgan fingerprint density at radius 1 is 1.03 bits per heavy atom. The molecular weight excluding hydrogens is 439 g/mol. The normalized spacial score (nSPS) is 15.3. The summed E-state index contributed by atoms with van der Waals surface area (Å²) in [5.74, 6) is 1.38. The largest absolute Gasteiger partial charge is 0.417 e. The molecule has 1 saturated heterocycles. The minimum Gasteiger partial charge on any atom is -0.354 e. The second-order valence-corrected chi connectivity index (χ2v) is 8.01. The molecule has 7 nitrogen and oxygen atoms in total. The maximum Gasteiger partial charge on any atom is 0.417 e. The Morgan fingerprint density at radius 3 is 2.34 bits per heavy atom. The Labute approximate surface area is 189 Å². The highest BCUT2D eigenvalue weighted by atomic mass is 32.1. The first-order chi connectivity index (χ1) is 15.4. The Bertz CT molecular complexity index is 1090. The summed E-state index contributed by atoms with van der Waals surface area (Å²) in [6.45, 7) is 6.23. The van der Waals surface area contributed by atoms with Crippen molar-refractivity contribution in [3.63, 3.8) is 0 Å². The first-order valence-corrected chi connectivity index (χ1v) is 10.9. The molecule has 170 valence electrons. The molecule has 1 aliphatic rings. The van der Waals surface area contributed by atoms with Crippen LogP contribution in [0.2, 0.25) is 0 Å². The molecule has 1 aliphatic heterocycles. The lowest BCUT2D eigenvalue weighted by Gasteiger charge is -2.35. The highest BCUT2D eigenvalue weighted by Gasteiger charge is 2.31. The van der Waals surface area contributed by atoms with Gasteiger partial charge in [-0.05, 0) is 42.9 Å². The van der Waals surface area contributed by atoms with E-state index in [1.165, 1.54) is 6.07 Å². The molecule has 1 fully saturated rings. The summed E-state index contributed by atoms with van der Waals surface area (Å²) >= 11 is 5.70. The lowest BCUT2D eigenvalue weighted by molar-refractivity contribution is -0.137. The van der Waals surface area contributed by atoms with E-state index >= 15 is 0 Å². The fourth-order valence-electron chi connectivity index (χ4n) is 3.72. The number of alkyl halides is 3. The van der Waals surface area contributed by atoms with Gasteiger partial charge in [0.05, 0.1) is 12.2 Å². The van der Waals surface area contributed by atoms with Gasteiger partial charge in [0.25, 0.3) is 0 Å². The summed E-state index contributed by atoms with van der Waals surface area (Å²) in [5, 5.41) is 4.78. The molecule has 0 aliphatic carbocycles. The van der Waals surface area contributed by atoms with Gasteiger partial charge >= 0.3 is 6.18 Å². The molecule has 3 aromatic heterocycles. The van der Waals surface area contributed by atoms with Crippen LogP contribution in [0.25, 0.3) is 11.4 Å². The zero-order valence-corrected chi connectivity index (χ0v) is 18.5. The number of halogens is 3. The number of hydrogen-bond acceptors (Lipinski definition) is 6. The Morgan fingerprint density at radius 2 is 1.75 bits per heavy atom. The van der Waals surface area contributed by atoms with Gasteiger partial charge in [-0.15, -0.1) is 0 Å². The average molecular weight is 464 g/mol. The second kappa shape index (κ2) is 9.37. The monoisotopic (exact) mass is 463 g/mol. The first kappa shape index (κ1) is 22.4. The molecule has 4 rings (SSSR count). The van der Waals surface area contributed by atoms with Crippen LogP contribution in [0.5, 0.6) is 0 Å². The molecule has 0 unspecified atom stereocenters. The summed E-state index contributed by atoms with van der Waals surface area (Å²) in [7, 11) is 0. The maximum absolute atomic E-state index is 12.8. The molecule has 0 radical (unpaired) electrons. The summed E-state index contributed by atoms with van der Waals surface area (Å²) in [6, 6.07) is 6.35. The molecular formula is C21H24F3N7S. The van der Waals surface area contributed by atoms with Crippen molar-refractivity contribution in [3.8, 4) is 11.4 Å². The average Bonchev–Trinajstić information content (AvgIpc) is 3.10. The number of aromatic nitrogens is 5. The Hall–Kier alpha value is -2.79. The molecule has 0 atom stereocenters.